The number of rotatable bonds is 4. The Morgan fingerprint density at radius 2 is 2.00 bits per heavy atom. The summed E-state index contributed by atoms with van der Waals surface area (Å²) in [7, 11) is 3.31. The van der Waals surface area contributed by atoms with Gasteiger partial charge < -0.3 is 14.0 Å². The highest BCUT2D eigenvalue weighted by atomic mass is 16.5. The number of fused-ring (bicyclic) bond motifs is 1. The molecular formula is C14H15NO4. The molecule has 0 saturated carbocycles. The van der Waals surface area contributed by atoms with Crippen LogP contribution in [-0.4, -0.2) is 30.0 Å². The van der Waals surface area contributed by atoms with Gasteiger partial charge in [0, 0.05) is 18.5 Å². The highest BCUT2D eigenvalue weighted by Crippen LogP contribution is 2.24. The molecule has 5 heteroatoms. The second-order valence-corrected chi connectivity index (χ2v) is 4.06. The fourth-order valence-corrected chi connectivity index (χ4v) is 1.96. The van der Waals surface area contributed by atoms with Gasteiger partial charge >= 0.3 is 5.97 Å². The van der Waals surface area contributed by atoms with Crippen LogP contribution in [-0.2, 0) is 16.6 Å². The van der Waals surface area contributed by atoms with Crippen molar-refractivity contribution < 1.29 is 19.1 Å². The van der Waals surface area contributed by atoms with Crippen molar-refractivity contribution in [2.45, 2.75) is 6.92 Å². The van der Waals surface area contributed by atoms with Crippen molar-refractivity contribution in [1.29, 1.82) is 0 Å². The van der Waals surface area contributed by atoms with Gasteiger partial charge in [0.25, 0.3) is 5.78 Å². The Bertz CT molecular complexity index is 642. The van der Waals surface area contributed by atoms with Gasteiger partial charge in [-0.1, -0.05) is 0 Å². The number of carbonyl (C=O) groups is 2. The van der Waals surface area contributed by atoms with Crippen molar-refractivity contribution in [2.75, 3.05) is 13.7 Å². The van der Waals surface area contributed by atoms with Gasteiger partial charge in [-0.15, -0.1) is 0 Å². The summed E-state index contributed by atoms with van der Waals surface area (Å²) in [5.41, 5.74) is 1.13. The Kier molecular flexibility index (Phi) is 3.55. The van der Waals surface area contributed by atoms with E-state index >= 15 is 0 Å². The fourth-order valence-electron chi connectivity index (χ4n) is 1.96. The van der Waals surface area contributed by atoms with E-state index < -0.39 is 11.8 Å². The lowest BCUT2D eigenvalue weighted by Gasteiger charge is -2.04. The smallest absolute Gasteiger partial charge is 0.381 e. The minimum atomic E-state index is -0.833. The van der Waals surface area contributed by atoms with E-state index in [0.717, 1.165) is 10.9 Å². The number of methoxy groups -OCH3 is 1. The SMILES string of the molecule is CCOC(=O)C(=O)c1cc2ccc(OC)cc2n1C. The number of aromatic nitrogens is 1. The van der Waals surface area contributed by atoms with E-state index in [1.807, 2.05) is 12.1 Å². The molecule has 2 aromatic rings. The third-order valence-electron chi connectivity index (χ3n) is 2.95. The lowest BCUT2D eigenvalue weighted by Crippen LogP contribution is -2.19. The standard InChI is InChI=1S/C14H15NO4/c1-4-19-14(17)13(16)12-7-9-5-6-10(18-3)8-11(9)15(12)2/h5-8H,4H2,1-3H3. The number of carbonyl (C=O) groups excluding carboxylic acids is 2. The summed E-state index contributed by atoms with van der Waals surface area (Å²) < 4.78 is 11.5. The van der Waals surface area contributed by atoms with Gasteiger partial charge in [0.2, 0.25) is 0 Å². The molecule has 0 aliphatic rings. The van der Waals surface area contributed by atoms with Crippen molar-refractivity contribution in [3.05, 3.63) is 30.0 Å². The van der Waals surface area contributed by atoms with Crippen molar-refractivity contribution in [2.24, 2.45) is 7.05 Å². The van der Waals surface area contributed by atoms with Gasteiger partial charge in [0.05, 0.1) is 24.9 Å². The van der Waals surface area contributed by atoms with E-state index in [-0.39, 0.29) is 6.61 Å². The molecule has 2 rings (SSSR count). The second kappa shape index (κ2) is 5.14. The molecule has 0 atom stereocenters. The van der Waals surface area contributed by atoms with Crippen LogP contribution in [0.1, 0.15) is 17.4 Å². The normalized spacial score (nSPS) is 10.5. The molecule has 0 fully saturated rings. The number of ketones is 1. The molecule has 0 saturated heterocycles. The molecule has 1 heterocycles. The zero-order chi connectivity index (χ0) is 14.0. The van der Waals surface area contributed by atoms with Crippen LogP contribution in [0.15, 0.2) is 24.3 Å². The van der Waals surface area contributed by atoms with Crippen LogP contribution in [0.4, 0.5) is 0 Å². The zero-order valence-corrected chi connectivity index (χ0v) is 11.1. The molecule has 0 aliphatic carbocycles. The Morgan fingerprint density at radius 1 is 1.26 bits per heavy atom. The van der Waals surface area contributed by atoms with E-state index in [9.17, 15) is 9.59 Å². The van der Waals surface area contributed by atoms with E-state index in [1.165, 1.54) is 0 Å². The molecule has 0 N–H and O–H groups in total. The Morgan fingerprint density at radius 3 is 2.63 bits per heavy atom. The first kappa shape index (κ1) is 13.1. The lowest BCUT2D eigenvalue weighted by molar-refractivity contribution is -0.137. The summed E-state index contributed by atoms with van der Waals surface area (Å²) in [4.78, 5) is 23.4. The largest absolute Gasteiger partial charge is 0.497 e. The molecule has 0 spiro atoms. The molecule has 100 valence electrons. The number of hydrogen-bond donors (Lipinski definition) is 0. The van der Waals surface area contributed by atoms with E-state index in [1.54, 1.807) is 37.8 Å². The van der Waals surface area contributed by atoms with Gasteiger partial charge in [0.1, 0.15) is 5.75 Å². The third-order valence-corrected chi connectivity index (χ3v) is 2.95. The molecule has 0 aliphatic heterocycles. The number of benzene rings is 1. The first-order valence-electron chi connectivity index (χ1n) is 5.93. The number of Topliss-reactive ketones (excluding diaryl/α,β-unsaturated/α-hetero) is 1. The van der Waals surface area contributed by atoms with Gasteiger partial charge in [-0.25, -0.2) is 4.79 Å². The van der Waals surface area contributed by atoms with Crippen LogP contribution in [0.3, 0.4) is 0 Å². The first-order chi connectivity index (χ1) is 9.08. The van der Waals surface area contributed by atoms with E-state index in [0.29, 0.717) is 11.4 Å². The molecule has 0 amide bonds. The number of esters is 1. The second-order valence-electron chi connectivity index (χ2n) is 4.06. The average molecular weight is 261 g/mol. The number of hydrogen-bond acceptors (Lipinski definition) is 4. The van der Waals surface area contributed by atoms with Gasteiger partial charge in [-0.05, 0) is 25.1 Å². The molecule has 19 heavy (non-hydrogen) atoms. The highest BCUT2D eigenvalue weighted by Gasteiger charge is 2.22. The monoisotopic (exact) mass is 261 g/mol. The average Bonchev–Trinajstić information content (AvgIpc) is 2.75. The van der Waals surface area contributed by atoms with Crippen molar-refractivity contribution in [1.82, 2.24) is 4.57 Å². The maximum atomic E-state index is 12.0. The quantitative estimate of drug-likeness (QED) is 0.479. The van der Waals surface area contributed by atoms with Crippen LogP contribution in [0.2, 0.25) is 0 Å². The predicted octanol–water partition coefficient (Wildman–Crippen LogP) is 1.93. The van der Waals surface area contributed by atoms with Gasteiger partial charge in [-0.3, -0.25) is 4.79 Å². The Balaban J connectivity index is 2.48. The topological polar surface area (TPSA) is 57.5 Å². The number of ether oxygens (including phenoxy) is 2. The van der Waals surface area contributed by atoms with E-state index in [4.69, 9.17) is 9.47 Å². The van der Waals surface area contributed by atoms with Crippen LogP contribution >= 0.6 is 0 Å². The van der Waals surface area contributed by atoms with Crippen molar-refractivity contribution >= 4 is 22.7 Å². The summed E-state index contributed by atoms with van der Waals surface area (Å²) >= 11 is 0. The summed E-state index contributed by atoms with van der Waals surface area (Å²) in [5, 5.41) is 0.871. The minimum Gasteiger partial charge on any atom is -0.497 e. The maximum absolute atomic E-state index is 12.0. The lowest BCUT2D eigenvalue weighted by atomic mass is 10.2. The fraction of sp³-hybridized carbons (Fsp3) is 0.286. The highest BCUT2D eigenvalue weighted by molar-refractivity contribution is 6.40. The molecule has 5 nitrogen and oxygen atoms in total. The third kappa shape index (κ3) is 2.31. The molecule has 1 aromatic heterocycles. The van der Waals surface area contributed by atoms with Crippen LogP contribution in [0, 0.1) is 0 Å². The van der Waals surface area contributed by atoms with Gasteiger partial charge in [0.15, 0.2) is 0 Å². The number of nitrogens with zero attached hydrogens (tertiary/aromatic N) is 1. The molecule has 1 aromatic carbocycles. The van der Waals surface area contributed by atoms with E-state index in [2.05, 4.69) is 0 Å². The van der Waals surface area contributed by atoms with Gasteiger partial charge in [-0.2, -0.15) is 0 Å². The molecular weight excluding hydrogens is 246 g/mol. The predicted molar refractivity (Wildman–Crippen MR) is 70.4 cm³/mol. The Hall–Kier alpha value is -2.30. The maximum Gasteiger partial charge on any atom is 0.381 e. The van der Waals surface area contributed by atoms with Crippen LogP contribution in [0.25, 0.3) is 10.9 Å². The minimum absolute atomic E-state index is 0.183. The summed E-state index contributed by atoms with van der Waals surface area (Å²) in [6.45, 7) is 1.85. The summed E-state index contributed by atoms with van der Waals surface area (Å²) in [6.07, 6.45) is 0. The molecule has 0 radical (unpaired) electrons. The van der Waals surface area contributed by atoms with Crippen LogP contribution < -0.4 is 4.74 Å². The number of aryl methyl sites for hydroxylation is 1. The first-order valence-corrected chi connectivity index (χ1v) is 5.93. The summed E-state index contributed by atoms with van der Waals surface area (Å²) in [5.74, 6) is -0.774. The molecule has 0 bridgehead atoms. The summed E-state index contributed by atoms with van der Waals surface area (Å²) in [6, 6.07) is 7.14. The molecule has 0 unspecified atom stereocenters. The van der Waals surface area contributed by atoms with Crippen LogP contribution in [0.5, 0.6) is 5.75 Å². The van der Waals surface area contributed by atoms with Crippen molar-refractivity contribution in [3.63, 3.8) is 0 Å². The zero-order valence-electron chi connectivity index (χ0n) is 11.1. The van der Waals surface area contributed by atoms with Crippen molar-refractivity contribution in [3.8, 4) is 5.75 Å². The Labute approximate surface area is 110 Å².